The topological polar surface area (TPSA) is 108 Å². The van der Waals surface area contributed by atoms with E-state index in [1.165, 1.54) is 13.2 Å². The first-order chi connectivity index (χ1) is 12.3. The van der Waals surface area contributed by atoms with E-state index in [1.807, 2.05) is 0 Å². The summed E-state index contributed by atoms with van der Waals surface area (Å²) in [5, 5.41) is 3.11. The second-order valence-corrected chi connectivity index (χ2v) is 6.60. The maximum absolute atomic E-state index is 12.6. The minimum atomic E-state index is -0.761. The summed E-state index contributed by atoms with van der Waals surface area (Å²) in [5.74, 6) is -1.59. The van der Waals surface area contributed by atoms with Crippen LogP contribution in [0.5, 0.6) is 5.75 Å². The summed E-state index contributed by atoms with van der Waals surface area (Å²) in [4.78, 5) is 36.7. The average Bonchev–Trinajstić information content (AvgIpc) is 2.91. The number of benzene rings is 1. The fourth-order valence-electron chi connectivity index (χ4n) is 2.32. The lowest BCUT2D eigenvalue weighted by molar-refractivity contribution is 0.0531. The molecule has 0 spiro atoms. The van der Waals surface area contributed by atoms with Gasteiger partial charge in [0.05, 0.1) is 24.8 Å². The number of halogens is 1. The SMILES string of the molecule is CCOC(=O)c1sc(NC(=O)c2cc(Cl)ccc2OC)c(C(N)=O)c1C. The van der Waals surface area contributed by atoms with E-state index in [2.05, 4.69) is 5.32 Å². The number of anilines is 1. The molecular formula is C17H17ClN2O5S. The molecule has 138 valence electrons. The summed E-state index contributed by atoms with van der Waals surface area (Å²) in [6.07, 6.45) is 0. The van der Waals surface area contributed by atoms with Gasteiger partial charge in [0.15, 0.2) is 0 Å². The van der Waals surface area contributed by atoms with E-state index in [-0.39, 0.29) is 27.6 Å². The smallest absolute Gasteiger partial charge is 0.348 e. The third-order valence-electron chi connectivity index (χ3n) is 3.49. The average molecular weight is 397 g/mol. The molecular weight excluding hydrogens is 380 g/mol. The van der Waals surface area contributed by atoms with E-state index in [0.29, 0.717) is 16.3 Å². The third kappa shape index (κ3) is 3.97. The predicted molar refractivity (Wildman–Crippen MR) is 99.5 cm³/mol. The van der Waals surface area contributed by atoms with Crippen molar-refractivity contribution in [2.75, 3.05) is 19.0 Å². The summed E-state index contributed by atoms with van der Waals surface area (Å²) < 4.78 is 10.1. The molecule has 0 unspecified atom stereocenters. The second kappa shape index (κ2) is 8.20. The van der Waals surface area contributed by atoms with Gasteiger partial charge in [0.1, 0.15) is 15.6 Å². The Bertz CT molecular complexity index is 878. The highest BCUT2D eigenvalue weighted by Gasteiger charge is 2.26. The van der Waals surface area contributed by atoms with Crippen LogP contribution in [0, 0.1) is 6.92 Å². The van der Waals surface area contributed by atoms with Crippen LogP contribution >= 0.6 is 22.9 Å². The molecule has 0 atom stereocenters. The number of nitrogens with two attached hydrogens (primary N) is 1. The lowest BCUT2D eigenvalue weighted by Crippen LogP contribution is -2.18. The van der Waals surface area contributed by atoms with Gasteiger partial charge in [-0.2, -0.15) is 0 Å². The minimum Gasteiger partial charge on any atom is -0.496 e. The highest BCUT2D eigenvalue weighted by Crippen LogP contribution is 2.34. The van der Waals surface area contributed by atoms with Crippen LogP contribution in [0.4, 0.5) is 5.00 Å². The van der Waals surface area contributed by atoms with E-state index >= 15 is 0 Å². The Morgan fingerprint density at radius 2 is 2.00 bits per heavy atom. The summed E-state index contributed by atoms with van der Waals surface area (Å²) in [6, 6.07) is 4.57. The molecule has 26 heavy (non-hydrogen) atoms. The molecule has 2 rings (SSSR count). The van der Waals surface area contributed by atoms with Crippen LogP contribution < -0.4 is 15.8 Å². The van der Waals surface area contributed by atoms with Crippen molar-refractivity contribution < 1.29 is 23.9 Å². The number of rotatable bonds is 6. The van der Waals surface area contributed by atoms with E-state index in [9.17, 15) is 14.4 Å². The van der Waals surface area contributed by atoms with Gasteiger partial charge < -0.3 is 20.5 Å². The Hall–Kier alpha value is -2.58. The number of amides is 2. The van der Waals surface area contributed by atoms with Crippen LogP contribution in [0.1, 0.15) is 42.9 Å². The highest BCUT2D eigenvalue weighted by atomic mass is 35.5. The number of primary amides is 1. The molecule has 1 aromatic heterocycles. The van der Waals surface area contributed by atoms with E-state index in [1.54, 1.807) is 26.0 Å². The highest BCUT2D eigenvalue weighted by molar-refractivity contribution is 7.18. The summed E-state index contributed by atoms with van der Waals surface area (Å²) in [6.45, 7) is 3.42. The number of hydrogen-bond donors (Lipinski definition) is 2. The fraction of sp³-hybridized carbons (Fsp3) is 0.235. The van der Waals surface area contributed by atoms with E-state index in [4.69, 9.17) is 26.8 Å². The zero-order chi connectivity index (χ0) is 19.4. The van der Waals surface area contributed by atoms with Crippen LogP contribution in [0.2, 0.25) is 5.02 Å². The van der Waals surface area contributed by atoms with Crippen molar-refractivity contribution in [3.05, 3.63) is 44.8 Å². The number of methoxy groups -OCH3 is 1. The van der Waals surface area contributed by atoms with Crippen molar-refractivity contribution in [1.29, 1.82) is 0 Å². The minimum absolute atomic E-state index is 0.0624. The second-order valence-electron chi connectivity index (χ2n) is 5.14. The van der Waals surface area contributed by atoms with Crippen molar-refractivity contribution in [2.24, 2.45) is 5.73 Å². The number of esters is 1. The van der Waals surface area contributed by atoms with Gasteiger partial charge in [-0.05, 0) is 37.6 Å². The first-order valence-electron chi connectivity index (χ1n) is 7.55. The monoisotopic (exact) mass is 396 g/mol. The van der Waals surface area contributed by atoms with E-state index in [0.717, 1.165) is 11.3 Å². The van der Waals surface area contributed by atoms with Crippen LogP contribution in [-0.4, -0.2) is 31.5 Å². The number of carbonyl (C=O) groups excluding carboxylic acids is 3. The first kappa shape index (κ1) is 19.7. The summed E-state index contributed by atoms with van der Waals surface area (Å²) in [7, 11) is 1.42. The maximum atomic E-state index is 12.6. The molecule has 2 amide bonds. The van der Waals surface area contributed by atoms with Gasteiger partial charge in [-0.15, -0.1) is 11.3 Å². The summed E-state index contributed by atoms with van der Waals surface area (Å²) >= 11 is 6.86. The molecule has 0 aliphatic heterocycles. The standard InChI is InChI=1S/C17H17ClN2O5S/c1-4-25-17(23)13-8(2)12(14(19)21)16(26-13)20-15(22)10-7-9(18)5-6-11(10)24-3/h5-7H,4H2,1-3H3,(H2,19,21)(H,20,22). The largest absolute Gasteiger partial charge is 0.496 e. The van der Waals surface area contributed by atoms with Crippen LogP contribution in [-0.2, 0) is 4.74 Å². The van der Waals surface area contributed by atoms with E-state index < -0.39 is 17.8 Å². The van der Waals surface area contributed by atoms with Crippen molar-refractivity contribution in [1.82, 2.24) is 0 Å². The Kier molecular flexibility index (Phi) is 6.23. The Morgan fingerprint density at radius 1 is 1.31 bits per heavy atom. The maximum Gasteiger partial charge on any atom is 0.348 e. The molecule has 1 aromatic carbocycles. The first-order valence-corrected chi connectivity index (χ1v) is 8.74. The van der Waals surface area contributed by atoms with Gasteiger partial charge in [0.25, 0.3) is 11.8 Å². The van der Waals surface area contributed by atoms with Crippen LogP contribution in [0.3, 0.4) is 0 Å². The third-order valence-corrected chi connectivity index (χ3v) is 4.91. The van der Waals surface area contributed by atoms with Crippen LogP contribution in [0.15, 0.2) is 18.2 Å². The quantitative estimate of drug-likeness (QED) is 0.728. The number of carbonyl (C=O) groups is 3. The Labute approximate surface area is 159 Å². The molecule has 0 fully saturated rings. The zero-order valence-electron chi connectivity index (χ0n) is 14.3. The Balaban J connectivity index is 2.44. The predicted octanol–water partition coefficient (Wildman–Crippen LogP) is 3.25. The molecule has 1 heterocycles. The molecule has 0 saturated heterocycles. The molecule has 0 radical (unpaired) electrons. The lowest BCUT2D eigenvalue weighted by Gasteiger charge is -2.09. The van der Waals surface area contributed by atoms with Gasteiger partial charge in [0, 0.05) is 5.02 Å². The lowest BCUT2D eigenvalue weighted by atomic mass is 10.1. The number of ether oxygens (including phenoxy) is 2. The van der Waals surface area contributed by atoms with Crippen molar-refractivity contribution in [3.8, 4) is 5.75 Å². The van der Waals surface area contributed by atoms with Gasteiger partial charge in [-0.3, -0.25) is 9.59 Å². The molecule has 3 N–H and O–H groups in total. The molecule has 0 bridgehead atoms. The number of nitrogens with one attached hydrogen (secondary N) is 1. The van der Waals surface area contributed by atoms with Crippen molar-refractivity contribution in [2.45, 2.75) is 13.8 Å². The number of thiophene rings is 1. The summed E-state index contributed by atoms with van der Waals surface area (Å²) in [5.41, 5.74) is 6.01. The molecule has 2 aromatic rings. The van der Waals surface area contributed by atoms with Crippen molar-refractivity contribution >= 4 is 45.7 Å². The molecule has 0 aliphatic carbocycles. The number of hydrogen-bond acceptors (Lipinski definition) is 6. The van der Waals surface area contributed by atoms with Gasteiger partial charge in [-0.25, -0.2) is 4.79 Å². The van der Waals surface area contributed by atoms with Gasteiger partial charge in [-0.1, -0.05) is 11.6 Å². The molecule has 0 saturated carbocycles. The molecule has 0 aliphatic rings. The normalized spacial score (nSPS) is 10.3. The van der Waals surface area contributed by atoms with Gasteiger partial charge >= 0.3 is 5.97 Å². The fourth-order valence-corrected chi connectivity index (χ4v) is 3.59. The molecule has 9 heteroatoms. The zero-order valence-corrected chi connectivity index (χ0v) is 15.9. The Morgan fingerprint density at radius 3 is 2.58 bits per heavy atom. The van der Waals surface area contributed by atoms with Crippen LogP contribution in [0.25, 0.3) is 0 Å². The van der Waals surface area contributed by atoms with Crippen molar-refractivity contribution in [3.63, 3.8) is 0 Å². The molecule has 7 nitrogen and oxygen atoms in total. The van der Waals surface area contributed by atoms with Gasteiger partial charge in [0.2, 0.25) is 0 Å².